The van der Waals surface area contributed by atoms with E-state index in [1.54, 1.807) is 12.1 Å². The number of rotatable bonds is 3. The molecule has 0 radical (unpaired) electrons. The van der Waals surface area contributed by atoms with Gasteiger partial charge in [-0.2, -0.15) is 41.2 Å². The Morgan fingerprint density at radius 1 is 1.03 bits per heavy atom. The number of hydrogen-bond donors (Lipinski definition) is 0. The van der Waals surface area contributed by atoms with Gasteiger partial charge in [-0.3, -0.25) is 0 Å². The molecule has 0 atom stereocenters. The lowest BCUT2D eigenvalue weighted by molar-refractivity contribution is -0.136. The van der Waals surface area contributed by atoms with Gasteiger partial charge in [0.05, 0.1) is 23.5 Å². The average molecular weight is 454 g/mol. The molecule has 1 aliphatic heterocycles. The zero-order chi connectivity index (χ0) is 23.1. The monoisotopic (exact) mass is 454 g/mol. The van der Waals surface area contributed by atoms with Crippen LogP contribution in [0.1, 0.15) is 41.3 Å². The molecule has 168 valence electrons. The number of nitrogens with zero attached hydrogens (tertiary/aromatic N) is 6. The zero-order valence-electron chi connectivity index (χ0n) is 16.5. The van der Waals surface area contributed by atoms with Gasteiger partial charge in [0.2, 0.25) is 0 Å². The molecule has 1 aromatic carbocycles. The van der Waals surface area contributed by atoms with E-state index in [0.29, 0.717) is 22.9 Å². The van der Waals surface area contributed by atoms with Crippen molar-refractivity contribution < 1.29 is 26.3 Å². The minimum absolute atomic E-state index is 0.0135. The van der Waals surface area contributed by atoms with Gasteiger partial charge in [0.15, 0.2) is 11.5 Å². The molecular formula is C20H16F6N6. The van der Waals surface area contributed by atoms with Crippen LogP contribution in [-0.4, -0.2) is 39.1 Å². The first-order chi connectivity index (χ1) is 15.1. The summed E-state index contributed by atoms with van der Waals surface area (Å²) in [6, 6.07) is 9.23. The van der Waals surface area contributed by atoms with E-state index in [1.807, 2.05) is 12.1 Å². The standard InChI is InChI=1S/C20H16F6N6/c21-19(22,23)9-16-29-30-18-17(20(24,25)26)15(11-28-32(16)18)31-7-5-12(6-8-31)14-4-2-1-3-13(14)10-27/h1-4,11-12H,5-9H2. The topological polar surface area (TPSA) is 70.1 Å². The summed E-state index contributed by atoms with van der Waals surface area (Å²) in [6.45, 7) is 0.518. The highest BCUT2D eigenvalue weighted by Crippen LogP contribution is 2.41. The molecule has 3 aromatic rings. The van der Waals surface area contributed by atoms with Gasteiger partial charge in [0, 0.05) is 13.1 Å². The van der Waals surface area contributed by atoms with Crippen LogP contribution in [0.5, 0.6) is 0 Å². The normalized spacial score (nSPS) is 15.8. The average Bonchev–Trinajstić information content (AvgIpc) is 3.13. The second-order valence-corrected chi connectivity index (χ2v) is 7.51. The molecule has 2 aromatic heterocycles. The molecule has 0 amide bonds. The zero-order valence-corrected chi connectivity index (χ0v) is 16.5. The maximum atomic E-state index is 13.9. The van der Waals surface area contributed by atoms with Crippen LogP contribution in [0.4, 0.5) is 32.0 Å². The lowest BCUT2D eigenvalue weighted by Crippen LogP contribution is -2.35. The van der Waals surface area contributed by atoms with Crippen LogP contribution in [-0.2, 0) is 12.6 Å². The van der Waals surface area contributed by atoms with Crippen molar-refractivity contribution in [2.24, 2.45) is 0 Å². The van der Waals surface area contributed by atoms with E-state index in [0.717, 1.165) is 11.8 Å². The predicted octanol–water partition coefficient (Wildman–Crippen LogP) is 4.50. The molecule has 32 heavy (non-hydrogen) atoms. The summed E-state index contributed by atoms with van der Waals surface area (Å²) in [7, 11) is 0. The number of benzene rings is 1. The summed E-state index contributed by atoms with van der Waals surface area (Å²) in [5, 5.41) is 19.8. The molecule has 0 N–H and O–H groups in total. The van der Waals surface area contributed by atoms with Crippen LogP contribution in [0, 0.1) is 11.3 Å². The highest BCUT2D eigenvalue weighted by Gasteiger charge is 2.41. The highest BCUT2D eigenvalue weighted by atomic mass is 19.4. The third kappa shape index (κ3) is 4.19. The number of alkyl halides is 6. The maximum absolute atomic E-state index is 13.9. The van der Waals surface area contributed by atoms with Crippen molar-refractivity contribution in [2.75, 3.05) is 18.0 Å². The van der Waals surface area contributed by atoms with Gasteiger partial charge in [0.25, 0.3) is 0 Å². The van der Waals surface area contributed by atoms with Gasteiger partial charge < -0.3 is 4.90 Å². The van der Waals surface area contributed by atoms with Crippen molar-refractivity contribution in [1.29, 1.82) is 5.26 Å². The number of anilines is 1. The number of halogens is 6. The van der Waals surface area contributed by atoms with Gasteiger partial charge in [-0.15, -0.1) is 10.2 Å². The molecule has 0 bridgehead atoms. The van der Waals surface area contributed by atoms with Crippen molar-refractivity contribution in [3.05, 3.63) is 53.0 Å². The number of nitriles is 1. The largest absolute Gasteiger partial charge is 0.422 e. The molecular weight excluding hydrogens is 438 g/mol. The lowest BCUT2D eigenvalue weighted by Gasteiger charge is -2.35. The van der Waals surface area contributed by atoms with Gasteiger partial charge in [-0.25, -0.2) is 0 Å². The summed E-state index contributed by atoms with van der Waals surface area (Å²) < 4.78 is 80.4. The summed E-state index contributed by atoms with van der Waals surface area (Å²) in [5.74, 6) is -0.698. The molecule has 1 fully saturated rings. The molecule has 1 saturated heterocycles. The third-order valence-electron chi connectivity index (χ3n) is 5.48. The van der Waals surface area contributed by atoms with Gasteiger partial charge in [0.1, 0.15) is 12.0 Å². The maximum Gasteiger partial charge on any atom is 0.422 e. The van der Waals surface area contributed by atoms with E-state index in [4.69, 9.17) is 0 Å². The summed E-state index contributed by atoms with van der Waals surface area (Å²) in [6.07, 6.45) is -9.14. The Bertz CT molecular complexity index is 1170. The number of piperidine rings is 1. The van der Waals surface area contributed by atoms with Crippen molar-refractivity contribution in [3.8, 4) is 6.07 Å². The fourth-order valence-electron chi connectivity index (χ4n) is 4.07. The van der Waals surface area contributed by atoms with Crippen molar-refractivity contribution >= 4 is 11.3 Å². The van der Waals surface area contributed by atoms with Gasteiger partial charge >= 0.3 is 12.4 Å². The number of fused-ring (bicyclic) bond motifs is 1. The third-order valence-corrected chi connectivity index (χ3v) is 5.48. The first-order valence-electron chi connectivity index (χ1n) is 9.69. The molecule has 12 heteroatoms. The summed E-state index contributed by atoms with van der Waals surface area (Å²) in [5.41, 5.74) is -0.780. The van der Waals surface area contributed by atoms with Crippen LogP contribution in [0.2, 0.25) is 0 Å². The number of aromatic nitrogens is 4. The smallest absolute Gasteiger partial charge is 0.370 e. The Balaban J connectivity index is 1.66. The SMILES string of the molecule is N#Cc1ccccc1C1CCN(c2cnn3c(CC(F)(F)F)nnc3c2C(F)(F)F)CC1. The molecule has 6 nitrogen and oxygen atoms in total. The Kier molecular flexibility index (Phi) is 5.44. The second-order valence-electron chi connectivity index (χ2n) is 7.51. The van der Waals surface area contributed by atoms with Crippen LogP contribution < -0.4 is 4.90 Å². The van der Waals surface area contributed by atoms with Gasteiger partial charge in [-0.05, 0) is 30.4 Å². The minimum atomic E-state index is -4.87. The summed E-state index contributed by atoms with van der Waals surface area (Å²) in [4.78, 5) is 1.50. The van der Waals surface area contributed by atoms with E-state index >= 15 is 0 Å². The Hall–Kier alpha value is -3.36. The molecule has 0 aliphatic carbocycles. The molecule has 0 saturated carbocycles. The first-order valence-corrected chi connectivity index (χ1v) is 9.69. The van der Waals surface area contributed by atoms with E-state index in [9.17, 15) is 31.6 Å². The van der Waals surface area contributed by atoms with Gasteiger partial charge in [-0.1, -0.05) is 18.2 Å². The Morgan fingerprint density at radius 3 is 2.34 bits per heavy atom. The molecule has 3 heterocycles. The van der Waals surface area contributed by atoms with Crippen molar-refractivity contribution in [3.63, 3.8) is 0 Å². The second kappa shape index (κ2) is 7.96. The lowest BCUT2D eigenvalue weighted by atomic mass is 9.86. The van der Waals surface area contributed by atoms with E-state index in [2.05, 4.69) is 21.4 Å². The Morgan fingerprint density at radius 2 is 1.72 bits per heavy atom. The van der Waals surface area contributed by atoms with Crippen molar-refractivity contribution in [2.45, 2.75) is 37.5 Å². The van der Waals surface area contributed by atoms with Crippen LogP contribution in [0.3, 0.4) is 0 Å². The fourth-order valence-corrected chi connectivity index (χ4v) is 4.07. The van der Waals surface area contributed by atoms with E-state index < -0.39 is 35.8 Å². The van der Waals surface area contributed by atoms with Crippen LogP contribution >= 0.6 is 0 Å². The summed E-state index contributed by atoms with van der Waals surface area (Å²) >= 11 is 0. The predicted molar refractivity (Wildman–Crippen MR) is 101 cm³/mol. The molecule has 0 spiro atoms. The molecule has 4 rings (SSSR count). The number of hydrogen-bond acceptors (Lipinski definition) is 5. The Labute approximate surface area is 178 Å². The molecule has 1 aliphatic rings. The van der Waals surface area contributed by atoms with Crippen LogP contribution in [0.15, 0.2) is 30.5 Å². The first kappa shape index (κ1) is 21.9. The van der Waals surface area contributed by atoms with Crippen LogP contribution in [0.25, 0.3) is 5.65 Å². The molecule has 0 unspecified atom stereocenters. The fraction of sp³-hybridized carbons (Fsp3) is 0.400. The quantitative estimate of drug-likeness (QED) is 0.545. The van der Waals surface area contributed by atoms with E-state index in [-0.39, 0.29) is 24.7 Å². The van der Waals surface area contributed by atoms with Crippen molar-refractivity contribution in [1.82, 2.24) is 19.8 Å². The minimum Gasteiger partial charge on any atom is -0.370 e. The van der Waals surface area contributed by atoms with E-state index in [1.165, 1.54) is 4.90 Å². The highest BCUT2D eigenvalue weighted by molar-refractivity contribution is 5.65.